The van der Waals surface area contributed by atoms with E-state index in [1.54, 1.807) is 7.05 Å². The molecule has 0 aromatic heterocycles. The van der Waals surface area contributed by atoms with Crippen LogP contribution in [0.5, 0.6) is 0 Å². The summed E-state index contributed by atoms with van der Waals surface area (Å²) in [4.78, 5) is 12.8. The molecule has 0 N–H and O–H groups in total. The van der Waals surface area contributed by atoms with Gasteiger partial charge in [-0.1, -0.05) is 22.4 Å². The van der Waals surface area contributed by atoms with E-state index in [0.717, 1.165) is 30.8 Å². The molecular weight excluding hydrogens is 282 g/mol. The highest BCUT2D eigenvalue weighted by Gasteiger charge is 2.14. The quantitative estimate of drug-likeness (QED) is 0.522. The van der Waals surface area contributed by atoms with E-state index in [-0.39, 0.29) is 11.7 Å². The molecule has 0 saturated carbocycles. The van der Waals surface area contributed by atoms with Crippen molar-refractivity contribution < 1.29 is 13.2 Å². The Bertz CT molecular complexity index is 290. The van der Waals surface area contributed by atoms with Gasteiger partial charge in [-0.2, -0.15) is 0 Å². The Hall–Kier alpha value is -0.100. The van der Waals surface area contributed by atoms with Gasteiger partial charge in [0.2, 0.25) is 5.91 Å². The van der Waals surface area contributed by atoms with Gasteiger partial charge in [-0.25, -0.2) is 8.42 Å². The SMILES string of the molecule is CN(CCCCCBr)C(=O)CS(C)(=O)=O. The smallest absolute Gasteiger partial charge is 0.237 e. The molecule has 0 aromatic carbocycles. The van der Waals surface area contributed by atoms with Crippen molar-refractivity contribution in [2.24, 2.45) is 0 Å². The van der Waals surface area contributed by atoms with Gasteiger partial charge in [-0.15, -0.1) is 0 Å². The monoisotopic (exact) mass is 299 g/mol. The third-order valence-corrected chi connectivity index (χ3v) is 3.27. The van der Waals surface area contributed by atoms with Crippen LogP contribution in [0.1, 0.15) is 19.3 Å². The van der Waals surface area contributed by atoms with E-state index < -0.39 is 9.84 Å². The van der Waals surface area contributed by atoms with E-state index in [4.69, 9.17) is 0 Å². The molecule has 0 atom stereocenters. The average Bonchev–Trinajstić information content (AvgIpc) is 2.09. The van der Waals surface area contributed by atoms with Crippen molar-refractivity contribution in [3.63, 3.8) is 0 Å². The lowest BCUT2D eigenvalue weighted by Crippen LogP contribution is -2.32. The normalized spacial score (nSPS) is 11.4. The zero-order valence-corrected chi connectivity index (χ0v) is 11.6. The van der Waals surface area contributed by atoms with Gasteiger partial charge in [0, 0.05) is 25.2 Å². The number of hydrogen-bond acceptors (Lipinski definition) is 3. The van der Waals surface area contributed by atoms with Crippen molar-refractivity contribution in [3.05, 3.63) is 0 Å². The Kier molecular flexibility index (Phi) is 7.17. The predicted molar refractivity (Wildman–Crippen MR) is 65.0 cm³/mol. The van der Waals surface area contributed by atoms with Gasteiger partial charge in [-0.05, 0) is 12.8 Å². The molecule has 90 valence electrons. The van der Waals surface area contributed by atoms with Crippen molar-refractivity contribution >= 4 is 31.7 Å². The minimum atomic E-state index is -3.20. The number of nitrogens with zero attached hydrogens (tertiary/aromatic N) is 1. The van der Waals surface area contributed by atoms with Crippen LogP contribution in [0.4, 0.5) is 0 Å². The van der Waals surface area contributed by atoms with E-state index in [1.807, 2.05) is 0 Å². The van der Waals surface area contributed by atoms with Gasteiger partial charge in [-0.3, -0.25) is 4.79 Å². The number of sulfone groups is 1. The summed E-state index contributed by atoms with van der Waals surface area (Å²) < 4.78 is 21.7. The lowest BCUT2D eigenvalue weighted by Gasteiger charge is -2.16. The molecule has 0 fully saturated rings. The molecule has 0 aliphatic heterocycles. The average molecular weight is 300 g/mol. The molecule has 15 heavy (non-hydrogen) atoms. The maximum absolute atomic E-state index is 11.4. The number of unbranched alkanes of at least 4 members (excludes halogenated alkanes) is 2. The second-order valence-electron chi connectivity index (χ2n) is 3.64. The Morgan fingerprint density at radius 1 is 1.27 bits per heavy atom. The number of carbonyl (C=O) groups excluding carboxylic acids is 1. The van der Waals surface area contributed by atoms with Crippen LogP contribution >= 0.6 is 15.9 Å². The zero-order valence-electron chi connectivity index (χ0n) is 9.20. The fourth-order valence-electron chi connectivity index (χ4n) is 1.08. The highest BCUT2D eigenvalue weighted by molar-refractivity contribution is 9.09. The molecule has 0 aliphatic carbocycles. The maximum atomic E-state index is 11.4. The fourth-order valence-corrected chi connectivity index (χ4v) is 2.14. The van der Waals surface area contributed by atoms with Crippen molar-refractivity contribution in [1.29, 1.82) is 0 Å². The van der Waals surface area contributed by atoms with Gasteiger partial charge < -0.3 is 4.90 Å². The van der Waals surface area contributed by atoms with Crippen molar-refractivity contribution in [3.8, 4) is 0 Å². The molecule has 0 aromatic rings. The molecule has 0 spiro atoms. The number of carbonyl (C=O) groups is 1. The summed E-state index contributed by atoms with van der Waals surface area (Å²) in [6, 6.07) is 0. The zero-order chi connectivity index (χ0) is 11.9. The van der Waals surface area contributed by atoms with Crippen LogP contribution in [0.15, 0.2) is 0 Å². The Morgan fingerprint density at radius 3 is 2.33 bits per heavy atom. The summed E-state index contributed by atoms with van der Waals surface area (Å²) >= 11 is 3.33. The first-order chi connectivity index (χ1) is 6.87. The first-order valence-corrected chi connectivity index (χ1v) is 8.02. The predicted octanol–water partition coefficient (Wildman–Crippen LogP) is 1.05. The van der Waals surface area contributed by atoms with E-state index in [1.165, 1.54) is 4.90 Å². The fraction of sp³-hybridized carbons (Fsp3) is 0.889. The third kappa shape index (κ3) is 8.87. The lowest BCUT2D eigenvalue weighted by atomic mass is 10.2. The van der Waals surface area contributed by atoms with Gasteiger partial charge in [0.25, 0.3) is 0 Å². The number of amides is 1. The van der Waals surface area contributed by atoms with E-state index in [9.17, 15) is 13.2 Å². The van der Waals surface area contributed by atoms with Crippen LogP contribution in [-0.2, 0) is 14.6 Å². The first-order valence-electron chi connectivity index (χ1n) is 4.84. The second-order valence-corrected chi connectivity index (χ2v) is 6.57. The van der Waals surface area contributed by atoms with Gasteiger partial charge >= 0.3 is 0 Å². The summed E-state index contributed by atoms with van der Waals surface area (Å²) in [5.41, 5.74) is 0. The molecular formula is C9H18BrNO3S. The number of hydrogen-bond donors (Lipinski definition) is 0. The molecule has 6 heteroatoms. The van der Waals surface area contributed by atoms with Crippen molar-refractivity contribution in [2.75, 3.05) is 30.9 Å². The molecule has 4 nitrogen and oxygen atoms in total. The van der Waals surface area contributed by atoms with Crippen molar-refractivity contribution in [1.82, 2.24) is 4.90 Å². The molecule has 0 heterocycles. The van der Waals surface area contributed by atoms with Crippen LogP contribution in [0.3, 0.4) is 0 Å². The standard InChI is InChI=1S/C9H18BrNO3S/c1-11(7-5-3-4-6-10)9(12)8-15(2,13)14/h3-8H2,1-2H3. The highest BCUT2D eigenvalue weighted by Crippen LogP contribution is 2.00. The Morgan fingerprint density at radius 2 is 1.87 bits per heavy atom. The van der Waals surface area contributed by atoms with Crippen LogP contribution in [0, 0.1) is 0 Å². The van der Waals surface area contributed by atoms with Crippen LogP contribution in [-0.4, -0.2) is 50.2 Å². The highest BCUT2D eigenvalue weighted by atomic mass is 79.9. The van der Waals surface area contributed by atoms with E-state index in [0.29, 0.717) is 6.54 Å². The molecule has 0 bridgehead atoms. The minimum Gasteiger partial charge on any atom is -0.345 e. The van der Waals surface area contributed by atoms with Gasteiger partial charge in [0.05, 0.1) is 0 Å². The van der Waals surface area contributed by atoms with E-state index in [2.05, 4.69) is 15.9 Å². The molecule has 0 rings (SSSR count). The van der Waals surface area contributed by atoms with Gasteiger partial charge in [0.15, 0.2) is 9.84 Å². The van der Waals surface area contributed by atoms with Crippen molar-refractivity contribution in [2.45, 2.75) is 19.3 Å². The van der Waals surface area contributed by atoms with Gasteiger partial charge in [0.1, 0.15) is 5.75 Å². The largest absolute Gasteiger partial charge is 0.345 e. The minimum absolute atomic E-state index is 0.323. The summed E-state index contributed by atoms with van der Waals surface area (Å²) in [5.74, 6) is -0.710. The van der Waals surface area contributed by atoms with Crippen LogP contribution in [0.25, 0.3) is 0 Å². The topological polar surface area (TPSA) is 54.5 Å². The Labute approximate surface area is 100 Å². The summed E-state index contributed by atoms with van der Waals surface area (Å²) in [6.45, 7) is 0.626. The molecule has 0 saturated heterocycles. The number of alkyl halides is 1. The van der Waals surface area contributed by atoms with E-state index >= 15 is 0 Å². The first kappa shape index (κ1) is 14.9. The molecule has 0 radical (unpaired) electrons. The Balaban J connectivity index is 3.80. The number of rotatable bonds is 7. The number of halogens is 1. The molecule has 0 aliphatic rings. The summed E-state index contributed by atoms with van der Waals surface area (Å²) in [6.07, 6.45) is 4.11. The summed E-state index contributed by atoms with van der Waals surface area (Å²) in [5, 5.41) is 0.966. The second kappa shape index (κ2) is 7.22. The summed E-state index contributed by atoms with van der Waals surface area (Å²) in [7, 11) is -1.56. The lowest BCUT2D eigenvalue weighted by molar-refractivity contribution is -0.127. The molecule has 0 unspecified atom stereocenters. The third-order valence-electron chi connectivity index (χ3n) is 1.94. The maximum Gasteiger partial charge on any atom is 0.237 e. The van der Waals surface area contributed by atoms with Crippen LogP contribution in [0.2, 0.25) is 0 Å². The molecule has 1 amide bonds. The van der Waals surface area contributed by atoms with Crippen LogP contribution < -0.4 is 0 Å².